The first-order valence-electron chi connectivity index (χ1n) is 12.1. The first kappa shape index (κ1) is 24.7. The second kappa shape index (κ2) is 10.9. The highest BCUT2D eigenvalue weighted by atomic mass is 16.5. The molecule has 0 bridgehead atoms. The number of hydrogen-bond donors (Lipinski definition) is 2. The van der Waals surface area contributed by atoms with E-state index in [1.54, 1.807) is 0 Å². The van der Waals surface area contributed by atoms with Gasteiger partial charge in [0.15, 0.2) is 0 Å². The van der Waals surface area contributed by atoms with Crippen LogP contribution in [-0.4, -0.2) is 66.9 Å². The monoisotopic (exact) mass is 480 g/mol. The molecule has 0 spiro atoms. The number of carboxylic acids is 1. The van der Waals surface area contributed by atoms with Crippen molar-refractivity contribution in [1.29, 1.82) is 0 Å². The second-order valence-electron chi connectivity index (χ2n) is 9.16. The summed E-state index contributed by atoms with van der Waals surface area (Å²) < 4.78 is 10.7. The maximum absolute atomic E-state index is 13.2. The van der Waals surface area contributed by atoms with Gasteiger partial charge in [0.1, 0.15) is 18.7 Å². The van der Waals surface area contributed by atoms with E-state index in [0.29, 0.717) is 13.0 Å². The summed E-state index contributed by atoms with van der Waals surface area (Å²) in [6.45, 7) is 2.39. The molecule has 3 atom stereocenters. The van der Waals surface area contributed by atoms with Crippen molar-refractivity contribution >= 4 is 18.0 Å². The summed E-state index contributed by atoms with van der Waals surface area (Å²) in [6, 6.07) is 14.1. The Morgan fingerprint density at radius 3 is 2.29 bits per heavy atom. The maximum atomic E-state index is 13.2. The van der Waals surface area contributed by atoms with Crippen molar-refractivity contribution in [2.24, 2.45) is 5.92 Å². The van der Waals surface area contributed by atoms with E-state index in [2.05, 4.69) is 17.4 Å². The maximum Gasteiger partial charge on any atom is 0.407 e. The van der Waals surface area contributed by atoms with Gasteiger partial charge < -0.3 is 24.8 Å². The number of hydrogen-bond acceptors (Lipinski definition) is 5. The summed E-state index contributed by atoms with van der Waals surface area (Å²) in [7, 11) is 1.43. The zero-order valence-electron chi connectivity index (χ0n) is 20.1. The number of aliphatic carboxylic acids is 1. The lowest BCUT2D eigenvalue weighted by atomic mass is 9.88. The minimum absolute atomic E-state index is 0.0803. The lowest BCUT2D eigenvalue weighted by Crippen LogP contribution is -2.57. The van der Waals surface area contributed by atoms with E-state index < -0.39 is 30.1 Å². The molecule has 8 nitrogen and oxygen atoms in total. The number of amides is 2. The quantitative estimate of drug-likeness (QED) is 0.598. The van der Waals surface area contributed by atoms with Crippen LogP contribution in [0.5, 0.6) is 0 Å². The molecule has 8 heteroatoms. The number of ether oxygens (including phenoxy) is 2. The van der Waals surface area contributed by atoms with E-state index in [4.69, 9.17) is 9.47 Å². The highest BCUT2D eigenvalue weighted by Gasteiger charge is 2.39. The average molecular weight is 481 g/mol. The van der Waals surface area contributed by atoms with Crippen molar-refractivity contribution in [3.63, 3.8) is 0 Å². The number of likely N-dealkylation sites (tertiary alicyclic amines) is 1. The molecule has 2 N–H and O–H groups in total. The van der Waals surface area contributed by atoms with Crippen molar-refractivity contribution in [1.82, 2.24) is 10.2 Å². The molecule has 2 unspecified atom stereocenters. The van der Waals surface area contributed by atoms with E-state index in [-0.39, 0.29) is 25.0 Å². The second-order valence-corrected chi connectivity index (χ2v) is 9.16. The van der Waals surface area contributed by atoms with E-state index in [0.717, 1.165) is 35.1 Å². The number of alkyl carbamates (subject to hydrolysis) is 1. The first-order valence-corrected chi connectivity index (χ1v) is 12.1. The fourth-order valence-corrected chi connectivity index (χ4v) is 5.23. The normalized spacial score (nSPS) is 20.0. The van der Waals surface area contributed by atoms with E-state index >= 15 is 0 Å². The molecule has 0 saturated carbocycles. The van der Waals surface area contributed by atoms with Crippen LogP contribution in [0.2, 0.25) is 0 Å². The van der Waals surface area contributed by atoms with Crippen LogP contribution in [0.15, 0.2) is 48.5 Å². The molecule has 2 aromatic rings. The Morgan fingerprint density at radius 2 is 1.71 bits per heavy atom. The van der Waals surface area contributed by atoms with Crippen molar-refractivity contribution in [2.45, 2.75) is 44.2 Å². The number of methoxy groups -OCH3 is 1. The average Bonchev–Trinajstić information content (AvgIpc) is 3.20. The molecule has 2 amide bonds. The molecule has 0 radical (unpaired) electrons. The van der Waals surface area contributed by atoms with Crippen molar-refractivity contribution in [3.05, 3.63) is 59.7 Å². The summed E-state index contributed by atoms with van der Waals surface area (Å²) in [5.41, 5.74) is 4.43. The van der Waals surface area contributed by atoms with Gasteiger partial charge in [-0.05, 0) is 41.0 Å². The molecular formula is C27H32N2O6. The van der Waals surface area contributed by atoms with Gasteiger partial charge in [-0.2, -0.15) is 0 Å². The zero-order chi connectivity index (χ0) is 24.9. The molecule has 35 heavy (non-hydrogen) atoms. The van der Waals surface area contributed by atoms with Crippen LogP contribution in [0.25, 0.3) is 11.1 Å². The summed E-state index contributed by atoms with van der Waals surface area (Å²) in [5, 5.41) is 12.3. The molecule has 1 aliphatic heterocycles. The Labute approximate surface area is 205 Å². The number of nitrogens with zero attached hydrogens (tertiary/aromatic N) is 1. The molecular weight excluding hydrogens is 448 g/mol. The third kappa shape index (κ3) is 5.17. The van der Waals surface area contributed by atoms with Crippen LogP contribution in [0, 0.1) is 5.92 Å². The molecule has 1 saturated heterocycles. The zero-order valence-corrected chi connectivity index (χ0v) is 20.1. The minimum atomic E-state index is -1.03. The van der Waals surface area contributed by atoms with Crippen LogP contribution in [0.4, 0.5) is 4.79 Å². The Balaban J connectivity index is 1.42. The summed E-state index contributed by atoms with van der Waals surface area (Å²) in [6.07, 6.45) is 1.27. The number of fused-ring (bicyclic) bond motifs is 3. The topological polar surface area (TPSA) is 105 Å². The van der Waals surface area contributed by atoms with Gasteiger partial charge >= 0.3 is 12.1 Å². The Kier molecular flexibility index (Phi) is 7.70. The van der Waals surface area contributed by atoms with Crippen molar-refractivity contribution in [3.8, 4) is 11.1 Å². The Bertz CT molecular complexity index is 1040. The molecule has 1 fully saturated rings. The fourth-order valence-electron chi connectivity index (χ4n) is 5.23. The van der Waals surface area contributed by atoms with E-state index in [1.807, 2.05) is 43.3 Å². The van der Waals surface area contributed by atoms with Gasteiger partial charge in [0.2, 0.25) is 5.91 Å². The Hall–Kier alpha value is -3.39. The summed E-state index contributed by atoms with van der Waals surface area (Å²) in [4.78, 5) is 39.2. The van der Waals surface area contributed by atoms with Gasteiger partial charge in [-0.25, -0.2) is 9.59 Å². The van der Waals surface area contributed by atoms with Crippen molar-refractivity contribution in [2.75, 3.05) is 26.9 Å². The minimum Gasteiger partial charge on any atom is -0.480 e. The summed E-state index contributed by atoms with van der Waals surface area (Å²) in [5.74, 6) is -1.35. The van der Waals surface area contributed by atoms with Crippen LogP contribution in [0.1, 0.15) is 43.2 Å². The first-order chi connectivity index (χ1) is 16.9. The molecule has 4 rings (SSSR count). The van der Waals surface area contributed by atoms with Gasteiger partial charge in [0.05, 0.1) is 6.61 Å². The van der Waals surface area contributed by atoms with Crippen LogP contribution < -0.4 is 5.32 Å². The molecule has 2 aromatic carbocycles. The number of carbonyl (C=O) groups excluding carboxylic acids is 2. The number of carboxylic acid groups (broad SMARTS) is 1. The fraction of sp³-hybridized carbons (Fsp3) is 0.444. The molecule has 0 aromatic heterocycles. The standard InChI is InChI=1S/C27H32N2O6/c1-3-17-12-13-29(24(14-17)26(31)32)25(30)23(16-34-2)28-27(33)35-15-22-20-10-6-4-8-18(20)19-9-5-7-11-21(19)22/h4-11,17,22-24H,3,12-16H2,1-2H3,(H,28,33)(H,31,32)/t17?,23-,24?/m0/s1. The third-order valence-corrected chi connectivity index (χ3v) is 7.12. The highest BCUT2D eigenvalue weighted by molar-refractivity contribution is 5.89. The largest absolute Gasteiger partial charge is 0.480 e. The SMILES string of the molecule is CCC1CCN(C(=O)[C@H](COC)NC(=O)OCC2c3ccccc3-c3ccccc32)C(C(=O)O)C1. The molecule has 1 heterocycles. The van der Waals surface area contributed by atoms with E-state index in [1.165, 1.54) is 12.0 Å². The molecule has 186 valence electrons. The van der Waals surface area contributed by atoms with Gasteiger partial charge in [-0.1, -0.05) is 61.9 Å². The van der Waals surface area contributed by atoms with E-state index in [9.17, 15) is 19.5 Å². The lowest BCUT2D eigenvalue weighted by Gasteiger charge is -2.38. The number of benzene rings is 2. The van der Waals surface area contributed by atoms with Crippen LogP contribution in [0.3, 0.4) is 0 Å². The molecule has 1 aliphatic carbocycles. The number of rotatable bonds is 8. The summed E-state index contributed by atoms with van der Waals surface area (Å²) >= 11 is 0. The Morgan fingerprint density at radius 1 is 1.09 bits per heavy atom. The van der Waals surface area contributed by atoms with Crippen molar-refractivity contribution < 1.29 is 29.0 Å². The third-order valence-electron chi connectivity index (χ3n) is 7.12. The van der Waals surface area contributed by atoms with Gasteiger partial charge in [-0.15, -0.1) is 0 Å². The van der Waals surface area contributed by atoms with Gasteiger partial charge in [0.25, 0.3) is 0 Å². The number of carbonyl (C=O) groups is 3. The predicted molar refractivity (Wildman–Crippen MR) is 130 cm³/mol. The molecule has 2 aliphatic rings. The lowest BCUT2D eigenvalue weighted by molar-refractivity contribution is -0.154. The number of piperidine rings is 1. The van der Waals surface area contributed by atoms with Crippen LogP contribution in [-0.2, 0) is 19.1 Å². The highest BCUT2D eigenvalue weighted by Crippen LogP contribution is 2.44. The predicted octanol–water partition coefficient (Wildman–Crippen LogP) is 3.64. The smallest absolute Gasteiger partial charge is 0.407 e. The van der Waals surface area contributed by atoms with Crippen LogP contribution >= 0.6 is 0 Å². The van der Waals surface area contributed by atoms with Gasteiger partial charge in [-0.3, -0.25) is 4.79 Å². The number of nitrogens with one attached hydrogen (secondary N) is 1. The van der Waals surface area contributed by atoms with Gasteiger partial charge in [0, 0.05) is 19.6 Å².